The third-order valence-corrected chi connectivity index (χ3v) is 8.58. The van der Waals surface area contributed by atoms with Gasteiger partial charge in [0.15, 0.2) is 5.82 Å². The van der Waals surface area contributed by atoms with Gasteiger partial charge in [0.2, 0.25) is 5.88 Å². The average molecular weight is 582 g/mol. The molecule has 0 bridgehead atoms. The molecule has 2 aliphatic rings. The van der Waals surface area contributed by atoms with Gasteiger partial charge in [-0.25, -0.2) is 22.8 Å². The van der Waals surface area contributed by atoms with E-state index < -0.39 is 39.7 Å². The Bertz CT molecular complexity index is 1560. The number of aryl methyl sites for hydroxylation is 2. The lowest BCUT2D eigenvalue weighted by atomic mass is 9.97. The Labute approximate surface area is 229 Å². The molecular weight excluding hydrogens is 551 g/mol. The van der Waals surface area contributed by atoms with Crippen molar-refractivity contribution in [2.45, 2.75) is 63.3 Å². The van der Waals surface area contributed by atoms with Crippen molar-refractivity contribution in [1.82, 2.24) is 29.3 Å². The van der Waals surface area contributed by atoms with Crippen molar-refractivity contribution < 1.29 is 31.1 Å². The molecule has 3 aromatic heterocycles. The Morgan fingerprint density at radius 3 is 2.50 bits per heavy atom. The number of sulfonamides is 1. The van der Waals surface area contributed by atoms with Crippen LogP contribution in [0.2, 0.25) is 0 Å². The Morgan fingerprint density at radius 1 is 1.20 bits per heavy atom. The van der Waals surface area contributed by atoms with Crippen molar-refractivity contribution in [3.05, 3.63) is 41.9 Å². The molecule has 1 N–H and O–H groups in total. The largest absolute Gasteiger partial charge is 0.473 e. The Hall–Kier alpha value is -3.62. The summed E-state index contributed by atoms with van der Waals surface area (Å²) in [5.74, 6) is -1.51. The lowest BCUT2D eigenvalue weighted by Crippen LogP contribution is -2.41. The predicted molar refractivity (Wildman–Crippen MR) is 138 cm³/mol. The maximum atomic E-state index is 13.4. The zero-order valence-corrected chi connectivity index (χ0v) is 23.4. The molecule has 3 atom stereocenters. The van der Waals surface area contributed by atoms with Gasteiger partial charge >= 0.3 is 6.18 Å². The summed E-state index contributed by atoms with van der Waals surface area (Å²) in [4.78, 5) is 19.9. The summed E-state index contributed by atoms with van der Waals surface area (Å²) in [6.45, 7) is 8.20. The molecular formula is C25H30F3N7O4S. The van der Waals surface area contributed by atoms with Crippen LogP contribution in [0.4, 0.5) is 19.0 Å². The number of carbonyl (C=O) groups excluding carboxylic acids is 1. The number of carbonyl (C=O) groups is 1. The van der Waals surface area contributed by atoms with Crippen LogP contribution in [-0.2, 0) is 17.1 Å². The maximum Gasteiger partial charge on any atom is 0.395 e. The van der Waals surface area contributed by atoms with Gasteiger partial charge < -0.3 is 9.64 Å². The molecule has 15 heteroatoms. The fourth-order valence-corrected chi connectivity index (χ4v) is 6.47. The Balaban J connectivity index is 1.46. The molecule has 1 aliphatic carbocycles. The lowest BCUT2D eigenvalue weighted by Gasteiger charge is -2.34. The summed E-state index contributed by atoms with van der Waals surface area (Å²) in [6, 6.07) is 4.39. The summed E-state index contributed by atoms with van der Waals surface area (Å²) in [5, 5.41) is 8.26. The number of ether oxygens (including phenoxy) is 1. The molecule has 2 fully saturated rings. The van der Waals surface area contributed by atoms with Gasteiger partial charge in [0.25, 0.3) is 15.9 Å². The zero-order chi connectivity index (χ0) is 29.2. The van der Waals surface area contributed by atoms with Crippen molar-refractivity contribution in [3.8, 4) is 11.7 Å². The van der Waals surface area contributed by atoms with Gasteiger partial charge in [0, 0.05) is 37.6 Å². The quantitative estimate of drug-likeness (QED) is 0.451. The van der Waals surface area contributed by atoms with Gasteiger partial charge in [0.1, 0.15) is 16.8 Å². The number of halogens is 3. The van der Waals surface area contributed by atoms with Crippen LogP contribution in [0, 0.1) is 18.8 Å². The molecule has 1 saturated heterocycles. The molecule has 0 spiro atoms. The highest BCUT2D eigenvalue weighted by molar-refractivity contribution is 7.90. The topological polar surface area (TPSA) is 124 Å². The second-order valence-corrected chi connectivity index (χ2v) is 12.7. The Morgan fingerprint density at radius 2 is 1.93 bits per heavy atom. The summed E-state index contributed by atoms with van der Waals surface area (Å²) < 4.78 is 74.9. The summed E-state index contributed by atoms with van der Waals surface area (Å²) in [7, 11) is -2.64. The van der Waals surface area contributed by atoms with E-state index in [0.717, 1.165) is 6.42 Å². The number of anilines is 1. The normalized spacial score (nSPS) is 22.4. The van der Waals surface area contributed by atoms with E-state index in [1.54, 1.807) is 7.05 Å². The molecule has 216 valence electrons. The van der Waals surface area contributed by atoms with E-state index in [4.69, 9.17) is 4.74 Å². The van der Waals surface area contributed by atoms with E-state index in [9.17, 15) is 26.4 Å². The Kier molecular flexibility index (Phi) is 6.63. The standard InChI is InChI=1S/C25H30F3N7O4S/c1-14-11-24(3,4)34(12-14)22-16(23(36)32-40(37,38)19-13-33(5)30-15(19)2)6-7-20(29-22)35-9-8-21(31-35)39-18-10-17(18)25(26,27)28/h6-9,13-14,17-18H,10-12H2,1-5H3,(H,32,36)/t14-,17?,18?/m0/s1. The second-order valence-electron chi connectivity index (χ2n) is 11.1. The van der Waals surface area contributed by atoms with Crippen molar-refractivity contribution in [2.75, 3.05) is 11.4 Å². The molecule has 2 unspecified atom stereocenters. The molecule has 1 amide bonds. The molecule has 1 aliphatic heterocycles. The van der Waals surface area contributed by atoms with E-state index in [1.165, 1.54) is 46.9 Å². The van der Waals surface area contributed by atoms with Gasteiger partial charge in [-0.1, -0.05) is 6.92 Å². The molecule has 0 aromatic carbocycles. The molecule has 4 heterocycles. The summed E-state index contributed by atoms with van der Waals surface area (Å²) in [5.41, 5.74) is -0.100. The first-order valence-electron chi connectivity index (χ1n) is 12.7. The number of hydrogen-bond donors (Lipinski definition) is 1. The fourth-order valence-electron chi connectivity index (χ4n) is 5.28. The number of amides is 1. The number of hydrogen-bond acceptors (Lipinski definition) is 8. The van der Waals surface area contributed by atoms with Gasteiger partial charge in [0.05, 0.1) is 17.2 Å². The average Bonchev–Trinajstić information content (AvgIpc) is 3.16. The minimum absolute atomic E-state index is 0.0231. The fraction of sp³-hybridized carbons (Fsp3) is 0.520. The van der Waals surface area contributed by atoms with E-state index >= 15 is 0 Å². The van der Waals surface area contributed by atoms with Crippen LogP contribution in [-0.4, -0.2) is 63.2 Å². The van der Waals surface area contributed by atoms with Crippen LogP contribution < -0.4 is 14.4 Å². The van der Waals surface area contributed by atoms with Crippen LogP contribution in [0.1, 0.15) is 49.7 Å². The number of pyridine rings is 1. The minimum atomic E-state index is -4.32. The van der Waals surface area contributed by atoms with Crippen LogP contribution in [0.5, 0.6) is 5.88 Å². The van der Waals surface area contributed by atoms with E-state index in [-0.39, 0.29) is 46.0 Å². The highest BCUT2D eigenvalue weighted by Crippen LogP contribution is 2.46. The first kappa shape index (κ1) is 27.9. The first-order valence-corrected chi connectivity index (χ1v) is 14.2. The number of rotatable bonds is 7. The highest BCUT2D eigenvalue weighted by atomic mass is 32.2. The second kappa shape index (κ2) is 9.49. The lowest BCUT2D eigenvalue weighted by molar-refractivity contribution is -0.153. The maximum absolute atomic E-state index is 13.4. The number of aromatic nitrogens is 5. The van der Waals surface area contributed by atoms with Crippen LogP contribution in [0.15, 0.2) is 35.5 Å². The predicted octanol–water partition coefficient (Wildman–Crippen LogP) is 3.38. The molecule has 11 nitrogen and oxygen atoms in total. The number of nitrogens with zero attached hydrogens (tertiary/aromatic N) is 6. The number of alkyl halides is 3. The molecule has 5 rings (SSSR count). The minimum Gasteiger partial charge on any atom is -0.473 e. The van der Waals surface area contributed by atoms with Crippen molar-refractivity contribution in [1.29, 1.82) is 0 Å². The SMILES string of the molecule is Cc1nn(C)cc1S(=O)(=O)NC(=O)c1ccc(-n2ccc(OC3CC3C(F)(F)F)n2)nc1N1C[C@@H](C)CC1(C)C. The zero-order valence-electron chi connectivity index (χ0n) is 22.6. The van der Waals surface area contributed by atoms with Gasteiger partial charge in [-0.15, -0.1) is 5.10 Å². The molecule has 0 radical (unpaired) electrons. The highest BCUT2D eigenvalue weighted by Gasteiger charge is 2.58. The number of nitrogens with one attached hydrogen (secondary N) is 1. The van der Waals surface area contributed by atoms with Gasteiger partial charge in [-0.05, 0) is 51.7 Å². The molecule has 1 saturated carbocycles. The van der Waals surface area contributed by atoms with Crippen LogP contribution in [0.3, 0.4) is 0 Å². The first-order chi connectivity index (χ1) is 18.5. The summed E-state index contributed by atoms with van der Waals surface area (Å²) in [6.07, 6.45) is -1.78. The molecule has 3 aromatic rings. The van der Waals surface area contributed by atoms with Crippen molar-refractivity contribution in [2.24, 2.45) is 18.9 Å². The van der Waals surface area contributed by atoms with Gasteiger partial charge in [-0.2, -0.15) is 18.3 Å². The van der Waals surface area contributed by atoms with Crippen molar-refractivity contribution >= 4 is 21.7 Å². The smallest absolute Gasteiger partial charge is 0.395 e. The third kappa shape index (κ3) is 5.38. The third-order valence-electron chi connectivity index (χ3n) is 7.14. The van der Waals surface area contributed by atoms with Crippen molar-refractivity contribution in [3.63, 3.8) is 0 Å². The van der Waals surface area contributed by atoms with E-state index in [0.29, 0.717) is 6.54 Å². The molecule has 40 heavy (non-hydrogen) atoms. The van der Waals surface area contributed by atoms with E-state index in [1.807, 2.05) is 18.7 Å². The summed E-state index contributed by atoms with van der Waals surface area (Å²) >= 11 is 0. The van der Waals surface area contributed by atoms with E-state index in [2.05, 4.69) is 26.8 Å². The van der Waals surface area contributed by atoms with Crippen LogP contribution in [0.25, 0.3) is 5.82 Å². The monoisotopic (exact) mass is 581 g/mol. The van der Waals surface area contributed by atoms with Gasteiger partial charge in [-0.3, -0.25) is 9.48 Å². The van der Waals surface area contributed by atoms with Crippen LogP contribution >= 0.6 is 0 Å².